The van der Waals surface area contributed by atoms with Crippen molar-refractivity contribution < 1.29 is 9.59 Å². The number of anilines is 1. The van der Waals surface area contributed by atoms with Gasteiger partial charge in [0.1, 0.15) is 0 Å². The number of carbonyl (C=O) groups excluding carboxylic acids is 2. The molecule has 7 nitrogen and oxygen atoms in total. The van der Waals surface area contributed by atoms with E-state index in [0.717, 1.165) is 24.9 Å². The van der Waals surface area contributed by atoms with Crippen LogP contribution in [0.1, 0.15) is 40.4 Å². The Labute approximate surface area is 182 Å². The standard InChI is InChI=1S/C24H27N5O2/c1-24-10-11-28(2)20(13-16-6-7-17(22(26)30)12-19(16)24)21(24)29(3)23(31)27-18-8-4-15(14-25)5-9-18/h4-9,12,20-21H,10-11,13H2,1-3H3,(H2,26,30)(H,27,31)/t20-,21-,24?/m1/s1. The van der Waals surface area contributed by atoms with E-state index in [2.05, 4.69) is 30.3 Å². The number of nitrogens with two attached hydrogens (primary N) is 1. The number of nitrogens with one attached hydrogen (secondary N) is 1. The molecule has 31 heavy (non-hydrogen) atoms. The first-order valence-corrected chi connectivity index (χ1v) is 10.4. The summed E-state index contributed by atoms with van der Waals surface area (Å²) < 4.78 is 0. The van der Waals surface area contributed by atoms with Crippen molar-refractivity contribution in [1.82, 2.24) is 9.80 Å². The fourth-order valence-corrected chi connectivity index (χ4v) is 5.27. The molecule has 2 aromatic carbocycles. The minimum absolute atomic E-state index is 0.0692. The van der Waals surface area contributed by atoms with E-state index in [0.29, 0.717) is 16.8 Å². The Hall–Kier alpha value is -3.37. The molecule has 1 saturated heterocycles. The second-order valence-corrected chi connectivity index (χ2v) is 8.83. The number of likely N-dealkylation sites (tertiary alicyclic amines) is 1. The van der Waals surface area contributed by atoms with Crippen LogP contribution in [0, 0.1) is 11.3 Å². The molecule has 0 saturated carbocycles. The Morgan fingerprint density at radius 1 is 1.26 bits per heavy atom. The van der Waals surface area contributed by atoms with Crippen molar-refractivity contribution in [3.63, 3.8) is 0 Å². The number of urea groups is 1. The fourth-order valence-electron chi connectivity index (χ4n) is 5.27. The third-order valence-electron chi connectivity index (χ3n) is 7.01. The Balaban J connectivity index is 1.67. The molecule has 160 valence electrons. The Morgan fingerprint density at radius 2 is 1.97 bits per heavy atom. The summed E-state index contributed by atoms with van der Waals surface area (Å²) in [6.07, 6.45) is 1.67. The number of likely N-dealkylation sites (N-methyl/N-ethyl adjacent to an activating group) is 2. The highest BCUT2D eigenvalue weighted by molar-refractivity contribution is 5.93. The van der Waals surface area contributed by atoms with Crippen LogP contribution in [0.5, 0.6) is 0 Å². The van der Waals surface area contributed by atoms with E-state index in [1.807, 2.05) is 19.2 Å². The van der Waals surface area contributed by atoms with Crippen molar-refractivity contribution in [2.24, 2.45) is 5.73 Å². The van der Waals surface area contributed by atoms with Gasteiger partial charge in [0.2, 0.25) is 5.91 Å². The minimum atomic E-state index is -0.440. The van der Waals surface area contributed by atoms with Gasteiger partial charge in [-0.15, -0.1) is 0 Å². The molecule has 2 bridgehead atoms. The molecule has 1 unspecified atom stereocenters. The number of primary amides is 1. The lowest BCUT2D eigenvalue weighted by Crippen LogP contribution is -2.67. The van der Waals surface area contributed by atoms with Crippen LogP contribution in [0.3, 0.4) is 0 Å². The smallest absolute Gasteiger partial charge is 0.321 e. The average Bonchev–Trinajstić information content (AvgIpc) is 2.76. The summed E-state index contributed by atoms with van der Waals surface area (Å²) >= 11 is 0. The maximum atomic E-state index is 13.2. The number of hydrogen-bond acceptors (Lipinski definition) is 4. The lowest BCUT2D eigenvalue weighted by atomic mass is 9.61. The summed E-state index contributed by atoms with van der Waals surface area (Å²) in [5.41, 5.74) is 9.26. The molecule has 3 atom stereocenters. The summed E-state index contributed by atoms with van der Waals surface area (Å²) in [5.74, 6) is -0.440. The van der Waals surface area contributed by atoms with Gasteiger partial charge in [0.15, 0.2) is 0 Å². The van der Waals surface area contributed by atoms with Gasteiger partial charge in [-0.2, -0.15) is 5.26 Å². The maximum Gasteiger partial charge on any atom is 0.321 e. The third kappa shape index (κ3) is 3.53. The van der Waals surface area contributed by atoms with Gasteiger partial charge >= 0.3 is 6.03 Å². The van der Waals surface area contributed by atoms with E-state index in [1.54, 1.807) is 35.2 Å². The molecule has 2 aromatic rings. The number of rotatable bonds is 3. The predicted octanol–water partition coefficient (Wildman–Crippen LogP) is 2.71. The number of benzene rings is 2. The molecular formula is C24H27N5O2. The van der Waals surface area contributed by atoms with Gasteiger partial charge in [-0.05, 0) is 74.0 Å². The molecule has 1 heterocycles. The van der Waals surface area contributed by atoms with Crippen LogP contribution in [0.25, 0.3) is 0 Å². The molecule has 0 spiro atoms. The molecular weight excluding hydrogens is 390 g/mol. The molecule has 3 N–H and O–H groups in total. The summed E-state index contributed by atoms with van der Waals surface area (Å²) in [5, 5.41) is 11.9. The predicted molar refractivity (Wildman–Crippen MR) is 119 cm³/mol. The first kappa shape index (κ1) is 20.9. The molecule has 7 heteroatoms. The van der Waals surface area contributed by atoms with E-state index in [4.69, 9.17) is 11.0 Å². The zero-order chi connectivity index (χ0) is 22.3. The molecule has 1 fully saturated rings. The van der Waals surface area contributed by atoms with Gasteiger partial charge in [-0.25, -0.2) is 4.79 Å². The lowest BCUT2D eigenvalue weighted by molar-refractivity contribution is 0.0214. The summed E-state index contributed by atoms with van der Waals surface area (Å²) in [6.45, 7) is 3.11. The number of piperidine rings is 1. The lowest BCUT2D eigenvalue weighted by Gasteiger charge is -2.57. The molecule has 3 amide bonds. The number of fused-ring (bicyclic) bond motifs is 4. The van der Waals surface area contributed by atoms with Crippen molar-refractivity contribution in [3.05, 3.63) is 64.7 Å². The number of nitriles is 1. The molecule has 1 aliphatic carbocycles. The summed E-state index contributed by atoms with van der Waals surface area (Å²) in [6, 6.07) is 14.5. The first-order chi connectivity index (χ1) is 14.7. The number of hydrogen-bond donors (Lipinski definition) is 2. The minimum Gasteiger partial charge on any atom is -0.366 e. The van der Waals surface area contributed by atoms with Crippen LogP contribution in [0.2, 0.25) is 0 Å². The van der Waals surface area contributed by atoms with Crippen molar-refractivity contribution in [2.45, 2.75) is 37.3 Å². The second kappa shape index (κ2) is 7.71. The van der Waals surface area contributed by atoms with Gasteiger partial charge in [-0.3, -0.25) is 4.79 Å². The monoisotopic (exact) mass is 417 g/mol. The number of nitrogens with zero attached hydrogens (tertiary/aromatic N) is 3. The van der Waals surface area contributed by atoms with E-state index in [9.17, 15) is 9.59 Å². The second-order valence-electron chi connectivity index (χ2n) is 8.83. The van der Waals surface area contributed by atoms with Crippen molar-refractivity contribution in [3.8, 4) is 6.07 Å². The van der Waals surface area contributed by atoms with E-state index >= 15 is 0 Å². The topological polar surface area (TPSA) is 102 Å². The van der Waals surface area contributed by atoms with Crippen LogP contribution in [0.4, 0.5) is 10.5 Å². The van der Waals surface area contributed by atoms with Gasteiger partial charge < -0.3 is 20.9 Å². The molecule has 1 aliphatic heterocycles. The van der Waals surface area contributed by atoms with E-state index in [1.165, 1.54) is 5.56 Å². The first-order valence-electron chi connectivity index (χ1n) is 10.4. The van der Waals surface area contributed by atoms with E-state index < -0.39 is 5.91 Å². The average molecular weight is 418 g/mol. The van der Waals surface area contributed by atoms with Crippen molar-refractivity contribution in [1.29, 1.82) is 5.26 Å². The highest BCUT2D eigenvalue weighted by atomic mass is 16.2. The van der Waals surface area contributed by atoms with E-state index in [-0.39, 0.29) is 23.5 Å². The van der Waals surface area contributed by atoms with Crippen molar-refractivity contribution in [2.75, 3.05) is 26.0 Å². The maximum absolute atomic E-state index is 13.2. The van der Waals surface area contributed by atoms with Crippen LogP contribution in [-0.2, 0) is 11.8 Å². The zero-order valence-electron chi connectivity index (χ0n) is 18.1. The van der Waals surface area contributed by atoms with Crippen LogP contribution in [-0.4, -0.2) is 54.5 Å². The Kier molecular flexibility index (Phi) is 5.19. The summed E-state index contributed by atoms with van der Waals surface area (Å²) in [4.78, 5) is 29.1. The van der Waals surface area contributed by atoms with Crippen LogP contribution >= 0.6 is 0 Å². The van der Waals surface area contributed by atoms with Crippen LogP contribution in [0.15, 0.2) is 42.5 Å². The number of amides is 3. The van der Waals surface area contributed by atoms with Gasteiger partial charge in [0, 0.05) is 29.8 Å². The molecule has 0 radical (unpaired) electrons. The highest BCUT2D eigenvalue weighted by Gasteiger charge is 2.52. The van der Waals surface area contributed by atoms with Gasteiger partial charge in [0.05, 0.1) is 17.7 Å². The normalized spacial score (nSPS) is 24.6. The number of carbonyl (C=O) groups is 2. The quantitative estimate of drug-likeness (QED) is 0.801. The Bertz CT molecular complexity index is 1070. The SMILES string of the molecule is CN1CCC2(C)c3cc(C(N)=O)ccc3C[C@@H]1[C@H]2N(C)C(=O)Nc1ccc(C#N)cc1. The van der Waals surface area contributed by atoms with Crippen LogP contribution < -0.4 is 11.1 Å². The fraction of sp³-hybridized carbons (Fsp3) is 0.375. The third-order valence-corrected chi connectivity index (χ3v) is 7.01. The zero-order valence-corrected chi connectivity index (χ0v) is 18.1. The highest BCUT2D eigenvalue weighted by Crippen LogP contribution is 2.46. The molecule has 0 aromatic heterocycles. The molecule has 2 aliphatic rings. The van der Waals surface area contributed by atoms with Gasteiger partial charge in [-0.1, -0.05) is 13.0 Å². The van der Waals surface area contributed by atoms with Crippen molar-refractivity contribution >= 4 is 17.6 Å². The molecule has 4 rings (SSSR count). The summed E-state index contributed by atoms with van der Waals surface area (Å²) in [7, 11) is 3.93. The largest absolute Gasteiger partial charge is 0.366 e. The van der Waals surface area contributed by atoms with Gasteiger partial charge in [0.25, 0.3) is 0 Å². The Morgan fingerprint density at radius 3 is 2.61 bits per heavy atom.